The van der Waals surface area contributed by atoms with E-state index in [9.17, 15) is 0 Å². The number of rotatable bonds is 6. The maximum absolute atomic E-state index is 4.30. The number of nitrogens with zero attached hydrogens (tertiary/aromatic N) is 5. The lowest BCUT2D eigenvalue weighted by atomic mass is 10.5. The van der Waals surface area contributed by atoms with Gasteiger partial charge in [-0.3, -0.25) is 0 Å². The number of anilines is 2. The summed E-state index contributed by atoms with van der Waals surface area (Å²) in [5, 5.41) is 3.14. The quantitative estimate of drug-likeness (QED) is 0.764. The Morgan fingerprint density at radius 1 is 1.24 bits per heavy atom. The molecule has 6 heteroatoms. The molecule has 1 heterocycles. The summed E-state index contributed by atoms with van der Waals surface area (Å²) < 4.78 is 0. The largest absolute Gasteiger partial charge is 0.354 e. The van der Waals surface area contributed by atoms with E-state index in [4.69, 9.17) is 0 Å². The molecule has 0 saturated heterocycles. The van der Waals surface area contributed by atoms with Gasteiger partial charge in [0.25, 0.3) is 5.95 Å². The summed E-state index contributed by atoms with van der Waals surface area (Å²) in [5.41, 5.74) is 0. The molecule has 0 aromatic carbocycles. The summed E-state index contributed by atoms with van der Waals surface area (Å²) in [7, 11) is 3.79. The molecule has 1 aromatic heterocycles. The number of nitrogens with one attached hydrogen (secondary N) is 1. The zero-order valence-corrected chi connectivity index (χ0v) is 10.9. The summed E-state index contributed by atoms with van der Waals surface area (Å²) >= 11 is 0. The Morgan fingerprint density at radius 2 is 2.00 bits per heavy atom. The topological polar surface area (TPSA) is 66.3 Å². The Hall–Kier alpha value is -1.72. The lowest BCUT2D eigenvalue weighted by Gasteiger charge is -2.11. The van der Waals surface area contributed by atoms with Gasteiger partial charge in [0, 0.05) is 26.9 Å². The third kappa shape index (κ3) is 4.34. The molecule has 0 amide bonds. The Kier molecular flexibility index (Phi) is 5.32. The molecule has 0 aliphatic heterocycles. The predicted octanol–water partition coefficient (Wildman–Crippen LogP) is 1.87. The highest BCUT2D eigenvalue weighted by Gasteiger charge is 2.06. The van der Waals surface area contributed by atoms with Crippen LogP contribution in [0.1, 0.15) is 26.7 Å². The summed E-state index contributed by atoms with van der Waals surface area (Å²) in [4.78, 5) is 18.8. The standard InChI is InChI=1S/C11H20N6/c1-5-7-12-9-14-10(13-8-6-2)16-11(15-9)17(3)4/h7H,5-6,8H2,1-4H3,(H,13,14,15,16)/b12-7+. The molecule has 0 atom stereocenters. The monoisotopic (exact) mass is 236 g/mol. The molecule has 1 rings (SSSR count). The smallest absolute Gasteiger partial charge is 0.255 e. The summed E-state index contributed by atoms with van der Waals surface area (Å²) in [6, 6.07) is 0. The summed E-state index contributed by atoms with van der Waals surface area (Å²) in [6.45, 7) is 4.96. The average Bonchev–Trinajstić information content (AvgIpc) is 2.33. The molecule has 94 valence electrons. The normalized spacial score (nSPS) is 10.8. The number of hydrogen-bond acceptors (Lipinski definition) is 6. The fourth-order valence-corrected chi connectivity index (χ4v) is 1.10. The SMILES string of the molecule is CC/C=N/c1nc(NCCC)nc(N(C)C)n1. The van der Waals surface area contributed by atoms with Gasteiger partial charge < -0.3 is 10.2 Å². The van der Waals surface area contributed by atoms with E-state index in [1.807, 2.05) is 25.9 Å². The van der Waals surface area contributed by atoms with Gasteiger partial charge in [0.2, 0.25) is 11.9 Å². The van der Waals surface area contributed by atoms with Crippen molar-refractivity contribution in [1.82, 2.24) is 15.0 Å². The van der Waals surface area contributed by atoms with Crippen LogP contribution >= 0.6 is 0 Å². The third-order valence-electron chi connectivity index (χ3n) is 1.93. The molecule has 0 unspecified atom stereocenters. The minimum absolute atomic E-state index is 0.448. The van der Waals surface area contributed by atoms with Crippen LogP contribution in [-0.2, 0) is 0 Å². The summed E-state index contributed by atoms with van der Waals surface area (Å²) in [5.74, 6) is 1.64. The zero-order valence-electron chi connectivity index (χ0n) is 10.9. The van der Waals surface area contributed by atoms with Crippen molar-refractivity contribution in [3.63, 3.8) is 0 Å². The van der Waals surface area contributed by atoms with Crippen LogP contribution in [0.5, 0.6) is 0 Å². The van der Waals surface area contributed by atoms with Crippen molar-refractivity contribution in [2.24, 2.45) is 4.99 Å². The van der Waals surface area contributed by atoms with Gasteiger partial charge in [-0.2, -0.15) is 15.0 Å². The molecule has 0 fully saturated rings. The van der Waals surface area contributed by atoms with E-state index in [1.54, 1.807) is 6.21 Å². The molecule has 0 aliphatic carbocycles. The molecular weight excluding hydrogens is 216 g/mol. The first-order chi connectivity index (χ1) is 8.17. The fraction of sp³-hybridized carbons (Fsp3) is 0.636. The van der Waals surface area contributed by atoms with Gasteiger partial charge in [-0.05, 0) is 12.8 Å². The second kappa shape index (κ2) is 6.78. The van der Waals surface area contributed by atoms with Crippen molar-refractivity contribution in [3.8, 4) is 0 Å². The van der Waals surface area contributed by atoms with Crippen LogP contribution in [-0.4, -0.2) is 41.8 Å². The van der Waals surface area contributed by atoms with E-state index < -0.39 is 0 Å². The van der Waals surface area contributed by atoms with Gasteiger partial charge in [-0.1, -0.05) is 13.8 Å². The highest BCUT2D eigenvalue weighted by molar-refractivity contribution is 5.60. The van der Waals surface area contributed by atoms with Gasteiger partial charge in [0.15, 0.2) is 0 Å². The van der Waals surface area contributed by atoms with Gasteiger partial charge in [0.1, 0.15) is 0 Å². The van der Waals surface area contributed by atoms with E-state index in [1.165, 1.54) is 0 Å². The predicted molar refractivity (Wildman–Crippen MR) is 71.4 cm³/mol. The van der Waals surface area contributed by atoms with E-state index in [-0.39, 0.29) is 0 Å². The zero-order chi connectivity index (χ0) is 12.7. The van der Waals surface area contributed by atoms with Crippen molar-refractivity contribution in [1.29, 1.82) is 0 Å². The highest BCUT2D eigenvalue weighted by Crippen LogP contribution is 2.13. The van der Waals surface area contributed by atoms with Crippen LogP contribution in [0.4, 0.5) is 17.8 Å². The Morgan fingerprint density at radius 3 is 2.59 bits per heavy atom. The Labute approximate surface area is 102 Å². The van der Waals surface area contributed by atoms with Crippen LogP contribution in [0, 0.1) is 0 Å². The van der Waals surface area contributed by atoms with E-state index in [0.717, 1.165) is 19.4 Å². The van der Waals surface area contributed by atoms with Gasteiger partial charge in [0.05, 0.1) is 0 Å². The molecule has 0 aliphatic rings. The molecule has 1 aromatic rings. The second-order valence-corrected chi connectivity index (χ2v) is 3.80. The molecule has 0 spiro atoms. The highest BCUT2D eigenvalue weighted by atomic mass is 15.3. The Balaban J connectivity index is 2.96. The van der Waals surface area contributed by atoms with Gasteiger partial charge in [-0.15, -0.1) is 0 Å². The number of aromatic nitrogens is 3. The van der Waals surface area contributed by atoms with Gasteiger partial charge in [-0.25, -0.2) is 4.99 Å². The van der Waals surface area contributed by atoms with Crippen molar-refractivity contribution in [3.05, 3.63) is 0 Å². The fourth-order valence-electron chi connectivity index (χ4n) is 1.10. The first-order valence-corrected chi connectivity index (χ1v) is 5.87. The van der Waals surface area contributed by atoms with Crippen molar-refractivity contribution in [2.75, 3.05) is 30.9 Å². The van der Waals surface area contributed by atoms with E-state index >= 15 is 0 Å². The average molecular weight is 236 g/mol. The minimum atomic E-state index is 0.448. The molecular formula is C11H20N6. The first-order valence-electron chi connectivity index (χ1n) is 5.87. The maximum Gasteiger partial charge on any atom is 0.255 e. The van der Waals surface area contributed by atoms with Crippen molar-refractivity contribution in [2.45, 2.75) is 26.7 Å². The van der Waals surface area contributed by atoms with Crippen molar-refractivity contribution >= 4 is 24.1 Å². The van der Waals surface area contributed by atoms with Crippen molar-refractivity contribution < 1.29 is 0 Å². The molecule has 6 nitrogen and oxygen atoms in total. The molecule has 17 heavy (non-hydrogen) atoms. The van der Waals surface area contributed by atoms with Crippen LogP contribution in [0.3, 0.4) is 0 Å². The second-order valence-electron chi connectivity index (χ2n) is 3.80. The molecule has 0 bridgehead atoms. The third-order valence-corrected chi connectivity index (χ3v) is 1.93. The first kappa shape index (κ1) is 13.3. The van der Waals surface area contributed by atoms with Crippen LogP contribution in [0.25, 0.3) is 0 Å². The maximum atomic E-state index is 4.30. The van der Waals surface area contributed by atoms with Crippen LogP contribution in [0.2, 0.25) is 0 Å². The lowest BCUT2D eigenvalue weighted by molar-refractivity contribution is 0.915. The minimum Gasteiger partial charge on any atom is -0.354 e. The number of hydrogen-bond donors (Lipinski definition) is 1. The summed E-state index contributed by atoms with van der Waals surface area (Å²) in [6.07, 6.45) is 3.68. The molecule has 0 radical (unpaired) electrons. The Bertz CT molecular complexity index is 374. The van der Waals surface area contributed by atoms with Crippen LogP contribution < -0.4 is 10.2 Å². The van der Waals surface area contributed by atoms with E-state index in [0.29, 0.717) is 17.8 Å². The van der Waals surface area contributed by atoms with E-state index in [2.05, 4.69) is 32.2 Å². The number of aliphatic imine (C=N–C) groups is 1. The molecule has 0 saturated carbocycles. The van der Waals surface area contributed by atoms with Crippen LogP contribution in [0.15, 0.2) is 4.99 Å². The lowest BCUT2D eigenvalue weighted by Crippen LogP contribution is -2.15. The molecule has 1 N–H and O–H groups in total. The van der Waals surface area contributed by atoms with Gasteiger partial charge >= 0.3 is 0 Å².